The summed E-state index contributed by atoms with van der Waals surface area (Å²) < 4.78 is 2.65. The molecule has 2 heterocycles. The van der Waals surface area contributed by atoms with Crippen LogP contribution in [0.1, 0.15) is 41.2 Å². The van der Waals surface area contributed by atoms with Crippen LogP contribution in [0.3, 0.4) is 0 Å². The lowest BCUT2D eigenvalue weighted by molar-refractivity contribution is 0.0683. The maximum Gasteiger partial charge on any atom is 0.352 e. The zero-order valence-corrected chi connectivity index (χ0v) is 12.4. The topological polar surface area (TPSA) is 42.2 Å². The number of aromatic carboxylic acids is 1. The van der Waals surface area contributed by atoms with Crippen molar-refractivity contribution in [2.45, 2.75) is 25.8 Å². The lowest BCUT2D eigenvalue weighted by Gasteiger charge is -2.18. The number of hydrogen-bond acceptors (Lipinski definition) is 2. The Morgan fingerprint density at radius 1 is 1.61 bits per heavy atom. The van der Waals surface area contributed by atoms with Crippen molar-refractivity contribution in [2.24, 2.45) is 0 Å². The van der Waals surface area contributed by atoms with Crippen molar-refractivity contribution in [2.75, 3.05) is 0 Å². The van der Waals surface area contributed by atoms with Gasteiger partial charge in [0.15, 0.2) is 0 Å². The molecule has 0 aliphatic rings. The van der Waals surface area contributed by atoms with Crippen LogP contribution in [0.15, 0.2) is 34.2 Å². The number of rotatable bonds is 5. The Balaban J connectivity index is 2.45. The van der Waals surface area contributed by atoms with Crippen LogP contribution in [0.5, 0.6) is 0 Å². The van der Waals surface area contributed by atoms with Gasteiger partial charge in [0.25, 0.3) is 0 Å². The van der Waals surface area contributed by atoms with E-state index in [-0.39, 0.29) is 6.04 Å². The van der Waals surface area contributed by atoms with Crippen LogP contribution in [-0.2, 0) is 0 Å². The summed E-state index contributed by atoms with van der Waals surface area (Å²) in [6.45, 7) is 2.11. The molecule has 0 radical (unpaired) electrons. The van der Waals surface area contributed by atoms with Gasteiger partial charge in [0.1, 0.15) is 5.69 Å². The highest BCUT2D eigenvalue weighted by atomic mass is 79.9. The summed E-state index contributed by atoms with van der Waals surface area (Å²) in [6.07, 6.45) is 3.79. The summed E-state index contributed by atoms with van der Waals surface area (Å²) >= 11 is 5.02. The second-order valence-electron chi connectivity index (χ2n) is 4.08. The summed E-state index contributed by atoms with van der Waals surface area (Å²) in [5.74, 6) is -0.890. The van der Waals surface area contributed by atoms with Crippen LogP contribution in [-0.4, -0.2) is 15.6 Å². The van der Waals surface area contributed by atoms with E-state index < -0.39 is 5.97 Å². The predicted octanol–water partition coefficient (Wildman–Crippen LogP) is 4.40. The van der Waals surface area contributed by atoms with Gasteiger partial charge in [-0.25, -0.2) is 4.79 Å². The Hall–Kier alpha value is -1.07. The molecule has 2 rings (SSSR count). The van der Waals surface area contributed by atoms with E-state index in [1.807, 2.05) is 22.2 Å². The van der Waals surface area contributed by atoms with Crippen LogP contribution in [0.25, 0.3) is 0 Å². The van der Waals surface area contributed by atoms with E-state index >= 15 is 0 Å². The van der Waals surface area contributed by atoms with Crippen molar-refractivity contribution in [3.63, 3.8) is 0 Å². The number of carboxylic acids is 1. The van der Waals surface area contributed by atoms with Gasteiger partial charge in [-0.05, 0) is 39.9 Å². The molecule has 1 unspecified atom stereocenters. The number of nitrogens with zero attached hydrogens (tertiary/aromatic N) is 1. The summed E-state index contributed by atoms with van der Waals surface area (Å²) in [6, 6.07) is 5.82. The first kappa shape index (κ1) is 13.4. The third-order valence-electron chi connectivity index (χ3n) is 2.80. The minimum absolute atomic E-state index is 0.104. The standard InChI is InChI=1S/C13H14BrNO2S/c1-2-4-10(12-5-3-6-18-12)15-8-9(14)7-11(15)13(16)17/h3,5-8,10H,2,4H2,1H3,(H,16,17). The maximum atomic E-state index is 11.3. The van der Waals surface area contributed by atoms with Crippen LogP contribution in [0.4, 0.5) is 0 Å². The largest absolute Gasteiger partial charge is 0.477 e. The zero-order chi connectivity index (χ0) is 13.1. The molecule has 18 heavy (non-hydrogen) atoms. The van der Waals surface area contributed by atoms with Gasteiger partial charge in [0.2, 0.25) is 0 Å². The van der Waals surface area contributed by atoms with Gasteiger partial charge < -0.3 is 9.67 Å². The third-order valence-corrected chi connectivity index (χ3v) is 4.21. The second-order valence-corrected chi connectivity index (χ2v) is 5.97. The van der Waals surface area contributed by atoms with Gasteiger partial charge in [-0.1, -0.05) is 19.4 Å². The predicted molar refractivity (Wildman–Crippen MR) is 76.5 cm³/mol. The number of aromatic nitrogens is 1. The van der Waals surface area contributed by atoms with E-state index in [1.54, 1.807) is 17.4 Å². The highest BCUT2D eigenvalue weighted by Gasteiger charge is 2.20. The molecule has 96 valence electrons. The van der Waals surface area contributed by atoms with Gasteiger partial charge in [0.05, 0.1) is 6.04 Å². The number of hydrogen-bond donors (Lipinski definition) is 1. The number of halogens is 1. The quantitative estimate of drug-likeness (QED) is 0.884. The Labute approximate surface area is 118 Å². The molecule has 0 bridgehead atoms. The molecule has 3 nitrogen and oxygen atoms in total. The summed E-state index contributed by atoms with van der Waals surface area (Å²) in [5.41, 5.74) is 0.328. The van der Waals surface area contributed by atoms with Crippen molar-refractivity contribution in [3.8, 4) is 0 Å². The number of carboxylic acid groups (broad SMARTS) is 1. The Morgan fingerprint density at radius 2 is 2.39 bits per heavy atom. The lowest BCUT2D eigenvalue weighted by Crippen LogP contribution is -2.14. The van der Waals surface area contributed by atoms with E-state index in [0.29, 0.717) is 5.69 Å². The van der Waals surface area contributed by atoms with Crippen LogP contribution in [0.2, 0.25) is 0 Å². The van der Waals surface area contributed by atoms with Crippen LogP contribution >= 0.6 is 27.3 Å². The molecule has 1 atom stereocenters. The van der Waals surface area contributed by atoms with Gasteiger partial charge in [-0.15, -0.1) is 11.3 Å². The molecule has 2 aromatic rings. The van der Waals surface area contributed by atoms with E-state index in [2.05, 4.69) is 28.9 Å². The smallest absolute Gasteiger partial charge is 0.352 e. The summed E-state index contributed by atoms with van der Waals surface area (Å²) in [5, 5.41) is 11.3. The maximum absolute atomic E-state index is 11.3. The molecule has 0 aromatic carbocycles. The SMILES string of the molecule is CCCC(c1cccs1)n1cc(Br)cc1C(=O)O. The average molecular weight is 328 g/mol. The van der Waals surface area contributed by atoms with Crippen molar-refractivity contribution >= 4 is 33.2 Å². The van der Waals surface area contributed by atoms with Crippen molar-refractivity contribution in [3.05, 3.63) is 44.8 Å². The minimum atomic E-state index is -0.890. The third kappa shape index (κ3) is 2.67. The molecule has 0 saturated carbocycles. The highest BCUT2D eigenvalue weighted by Crippen LogP contribution is 2.31. The fourth-order valence-electron chi connectivity index (χ4n) is 2.05. The van der Waals surface area contributed by atoms with Crippen molar-refractivity contribution in [1.82, 2.24) is 4.57 Å². The average Bonchev–Trinajstić information content (AvgIpc) is 2.94. The molecule has 0 amide bonds. The molecule has 0 fully saturated rings. The Bertz CT molecular complexity index is 533. The van der Waals surface area contributed by atoms with Crippen LogP contribution in [0, 0.1) is 0 Å². The fourth-order valence-corrected chi connectivity index (χ4v) is 3.34. The van der Waals surface area contributed by atoms with Gasteiger partial charge in [-0.3, -0.25) is 0 Å². The first-order chi connectivity index (χ1) is 8.63. The Morgan fingerprint density at radius 3 is 2.94 bits per heavy atom. The number of carbonyl (C=O) groups is 1. The molecular formula is C13H14BrNO2S. The summed E-state index contributed by atoms with van der Waals surface area (Å²) in [7, 11) is 0. The van der Waals surface area contributed by atoms with Gasteiger partial charge >= 0.3 is 5.97 Å². The summed E-state index contributed by atoms with van der Waals surface area (Å²) in [4.78, 5) is 12.5. The highest BCUT2D eigenvalue weighted by molar-refractivity contribution is 9.10. The van der Waals surface area contributed by atoms with Gasteiger partial charge in [0, 0.05) is 15.5 Å². The minimum Gasteiger partial charge on any atom is -0.477 e. The van der Waals surface area contributed by atoms with E-state index in [0.717, 1.165) is 17.3 Å². The first-order valence-corrected chi connectivity index (χ1v) is 7.44. The first-order valence-electron chi connectivity index (χ1n) is 5.77. The van der Waals surface area contributed by atoms with E-state index in [9.17, 15) is 9.90 Å². The van der Waals surface area contributed by atoms with Crippen molar-refractivity contribution < 1.29 is 9.90 Å². The fraction of sp³-hybridized carbons (Fsp3) is 0.308. The zero-order valence-electron chi connectivity index (χ0n) is 9.97. The Kier molecular flexibility index (Phi) is 4.24. The van der Waals surface area contributed by atoms with E-state index in [1.165, 1.54) is 4.88 Å². The van der Waals surface area contributed by atoms with Crippen LogP contribution < -0.4 is 0 Å². The molecular weight excluding hydrogens is 314 g/mol. The molecule has 5 heteroatoms. The molecule has 0 aliphatic carbocycles. The van der Waals surface area contributed by atoms with Gasteiger partial charge in [-0.2, -0.15) is 0 Å². The van der Waals surface area contributed by atoms with Crippen molar-refractivity contribution in [1.29, 1.82) is 0 Å². The normalized spacial score (nSPS) is 12.6. The lowest BCUT2D eigenvalue weighted by atomic mass is 10.1. The van der Waals surface area contributed by atoms with E-state index in [4.69, 9.17) is 0 Å². The molecule has 0 aliphatic heterocycles. The molecule has 0 spiro atoms. The number of thiophene rings is 1. The monoisotopic (exact) mass is 327 g/mol. The molecule has 0 saturated heterocycles. The molecule has 1 N–H and O–H groups in total. The second kappa shape index (κ2) is 5.71. The molecule has 2 aromatic heterocycles.